The molecule has 0 unspecified atom stereocenters. The van der Waals surface area contributed by atoms with E-state index in [0.29, 0.717) is 5.75 Å². The second kappa shape index (κ2) is 7.59. The van der Waals surface area contributed by atoms with Crippen molar-refractivity contribution in [1.29, 1.82) is 0 Å². The monoisotopic (exact) mass is 282 g/mol. The highest BCUT2D eigenvalue weighted by Gasteiger charge is 2.14. The molecule has 1 aromatic rings. The highest BCUT2D eigenvalue weighted by Crippen LogP contribution is 2.18. The molecule has 0 aliphatic carbocycles. The van der Waals surface area contributed by atoms with Crippen molar-refractivity contribution in [3.63, 3.8) is 0 Å². The fraction of sp³-hybridized carbons (Fsp3) is 0.286. The summed E-state index contributed by atoms with van der Waals surface area (Å²) < 4.78 is 9.97. The lowest BCUT2D eigenvalue weighted by atomic mass is 10.1. The van der Waals surface area contributed by atoms with E-state index >= 15 is 0 Å². The van der Waals surface area contributed by atoms with E-state index in [2.05, 4.69) is 0 Å². The number of halogens is 1. The quantitative estimate of drug-likeness (QED) is 0.457. The van der Waals surface area contributed by atoms with Gasteiger partial charge in [-0.3, -0.25) is 4.79 Å². The highest BCUT2D eigenvalue weighted by atomic mass is 35.5. The van der Waals surface area contributed by atoms with Crippen molar-refractivity contribution >= 4 is 28.9 Å². The van der Waals surface area contributed by atoms with Crippen molar-refractivity contribution in [2.24, 2.45) is 0 Å². The van der Waals surface area contributed by atoms with Gasteiger partial charge in [0, 0.05) is 5.57 Å². The Labute approximate surface area is 117 Å². The van der Waals surface area contributed by atoms with Gasteiger partial charge in [-0.1, -0.05) is 12.1 Å². The van der Waals surface area contributed by atoms with Crippen molar-refractivity contribution in [3.05, 3.63) is 35.4 Å². The molecule has 0 atom stereocenters. The molecule has 0 amide bonds. The molecule has 0 aliphatic rings. The van der Waals surface area contributed by atoms with Crippen LogP contribution in [-0.2, 0) is 14.3 Å². The first-order chi connectivity index (χ1) is 9.06. The summed E-state index contributed by atoms with van der Waals surface area (Å²) in [6, 6.07) is 7.11. The number of methoxy groups -OCH3 is 1. The molecular formula is C14H15ClO4. The minimum atomic E-state index is -0.609. The lowest BCUT2D eigenvalue weighted by Gasteiger charge is -2.06. The Hall–Kier alpha value is -1.81. The molecule has 0 aliphatic heterocycles. The summed E-state index contributed by atoms with van der Waals surface area (Å²) in [4.78, 5) is 22.7. The maximum atomic E-state index is 11.7. The maximum Gasteiger partial charge on any atom is 0.334 e. The van der Waals surface area contributed by atoms with Crippen molar-refractivity contribution in [2.75, 3.05) is 13.7 Å². The molecular weight excluding hydrogens is 268 g/mol. The van der Waals surface area contributed by atoms with Gasteiger partial charge in [-0.15, -0.1) is 0 Å². The van der Waals surface area contributed by atoms with Crippen LogP contribution in [0.3, 0.4) is 0 Å². The molecule has 102 valence electrons. The van der Waals surface area contributed by atoms with Crippen LogP contribution in [0.1, 0.15) is 18.9 Å². The first-order valence-corrected chi connectivity index (χ1v) is 6.14. The van der Waals surface area contributed by atoms with Gasteiger partial charge in [-0.2, -0.15) is 0 Å². The van der Waals surface area contributed by atoms with E-state index in [9.17, 15) is 9.59 Å². The molecule has 1 aromatic carbocycles. The molecule has 0 aromatic heterocycles. The number of rotatable bonds is 6. The molecule has 0 radical (unpaired) electrons. The van der Waals surface area contributed by atoms with Crippen molar-refractivity contribution in [3.8, 4) is 5.75 Å². The van der Waals surface area contributed by atoms with Crippen LogP contribution in [0.4, 0.5) is 0 Å². The van der Waals surface area contributed by atoms with Crippen molar-refractivity contribution in [2.45, 2.75) is 13.3 Å². The van der Waals surface area contributed by atoms with Gasteiger partial charge in [0.1, 0.15) is 5.75 Å². The number of benzene rings is 1. The highest BCUT2D eigenvalue weighted by molar-refractivity contribution is 6.64. The van der Waals surface area contributed by atoms with Gasteiger partial charge in [0.15, 0.2) is 0 Å². The fourth-order valence-electron chi connectivity index (χ4n) is 1.49. The predicted molar refractivity (Wildman–Crippen MR) is 73.1 cm³/mol. The number of esters is 1. The van der Waals surface area contributed by atoms with E-state index in [4.69, 9.17) is 21.1 Å². The van der Waals surface area contributed by atoms with Gasteiger partial charge in [0.2, 0.25) is 5.24 Å². The zero-order valence-electron chi connectivity index (χ0n) is 10.8. The van der Waals surface area contributed by atoms with Crippen LogP contribution in [-0.4, -0.2) is 24.9 Å². The first-order valence-electron chi connectivity index (χ1n) is 5.77. The molecule has 1 rings (SSSR count). The lowest BCUT2D eigenvalue weighted by molar-refractivity contribution is -0.139. The second-order valence-corrected chi connectivity index (χ2v) is 4.12. The van der Waals surface area contributed by atoms with Crippen LogP contribution < -0.4 is 4.74 Å². The average molecular weight is 283 g/mol. The Morgan fingerprint density at radius 1 is 1.37 bits per heavy atom. The predicted octanol–water partition coefficient (Wildman–Crippen LogP) is 2.80. The Bertz CT molecular complexity index is 494. The topological polar surface area (TPSA) is 52.6 Å². The Kier molecular flexibility index (Phi) is 6.09. The first kappa shape index (κ1) is 15.2. The lowest BCUT2D eigenvalue weighted by Crippen LogP contribution is -2.09. The van der Waals surface area contributed by atoms with E-state index in [1.807, 2.05) is 0 Å². The van der Waals surface area contributed by atoms with Crippen LogP contribution in [0.2, 0.25) is 0 Å². The van der Waals surface area contributed by atoms with Gasteiger partial charge in [0.05, 0.1) is 20.1 Å². The SMILES string of the molecule is CCOC(=O)/C(=C/c1cccc(OC)c1)CC(=O)Cl. The normalized spacial score (nSPS) is 11.0. The van der Waals surface area contributed by atoms with Crippen LogP contribution >= 0.6 is 11.6 Å². The molecule has 0 heterocycles. The van der Waals surface area contributed by atoms with E-state index in [1.165, 1.54) is 0 Å². The fourth-order valence-corrected chi connectivity index (χ4v) is 1.63. The number of carbonyl (C=O) groups excluding carboxylic acids is 2. The summed E-state index contributed by atoms with van der Waals surface area (Å²) in [6.45, 7) is 1.94. The zero-order chi connectivity index (χ0) is 14.3. The van der Waals surface area contributed by atoms with Gasteiger partial charge in [0.25, 0.3) is 0 Å². The Morgan fingerprint density at radius 2 is 2.11 bits per heavy atom. The van der Waals surface area contributed by atoms with Crippen molar-refractivity contribution < 1.29 is 19.1 Å². The molecule has 0 bridgehead atoms. The number of carbonyl (C=O) groups is 2. The summed E-state index contributed by atoms with van der Waals surface area (Å²) in [5.41, 5.74) is 0.954. The molecule has 19 heavy (non-hydrogen) atoms. The van der Waals surface area contributed by atoms with Gasteiger partial charge < -0.3 is 9.47 Å². The van der Waals surface area contributed by atoms with Gasteiger partial charge in [-0.25, -0.2) is 4.79 Å². The van der Waals surface area contributed by atoms with Crippen LogP contribution in [0.15, 0.2) is 29.8 Å². The smallest absolute Gasteiger partial charge is 0.334 e. The van der Waals surface area contributed by atoms with E-state index < -0.39 is 11.2 Å². The molecule has 0 spiro atoms. The third-order valence-electron chi connectivity index (χ3n) is 2.30. The van der Waals surface area contributed by atoms with Crippen LogP contribution in [0.5, 0.6) is 5.75 Å². The number of ether oxygens (including phenoxy) is 2. The van der Waals surface area contributed by atoms with E-state index in [1.54, 1.807) is 44.4 Å². The molecule has 4 nitrogen and oxygen atoms in total. The average Bonchev–Trinajstić information content (AvgIpc) is 2.38. The molecule has 0 saturated carbocycles. The molecule has 0 saturated heterocycles. The van der Waals surface area contributed by atoms with Crippen LogP contribution in [0.25, 0.3) is 6.08 Å². The molecule has 0 fully saturated rings. The minimum Gasteiger partial charge on any atom is -0.497 e. The molecule has 5 heteroatoms. The van der Waals surface area contributed by atoms with Gasteiger partial charge in [-0.05, 0) is 42.3 Å². The maximum absolute atomic E-state index is 11.7. The standard InChI is InChI=1S/C14H15ClO4/c1-3-19-14(17)11(9-13(15)16)7-10-5-4-6-12(8-10)18-2/h4-8H,3,9H2,1-2H3/b11-7+. The van der Waals surface area contributed by atoms with E-state index in [-0.39, 0.29) is 18.6 Å². The largest absolute Gasteiger partial charge is 0.497 e. The minimum absolute atomic E-state index is 0.169. The Balaban J connectivity index is 3.03. The van der Waals surface area contributed by atoms with Crippen molar-refractivity contribution in [1.82, 2.24) is 0 Å². The summed E-state index contributed by atoms with van der Waals surface area (Å²) in [6.07, 6.45) is 1.40. The summed E-state index contributed by atoms with van der Waals surface area (Å²) in [7, 11) is 1.55. The summed E-state index contributed by atoms with van der Waals surface area (Å²) in [5.74, 6) is 0.119. The number of hydrogen-bond acceptors (Lipinski definition) is 4. The second-order valence-electron chi connectivity index (χ2n) is 3.70. The van der Waals surface area contributed by atoms with Crippen LogP contribution in [0, 0.1) is 0 Å². The van der Waals surface area contributed by atoms with Gasteiger partial charge >= 0.3 is 5.97 Å². The third kappa shape index (κ3) is 5.14. The summed E-state index contributed by atoms with van der Waals surface area (Å²) >= 11 is 5.33. The third-order valence-corrected chi connectivity index (χ3v) is 2.44. The zero-order valence-corrected chi connectivity index (χ0v) is 11.6. The molecule has 0 N–H and O–H groups in total. The van der Waals surface area contributed by atoms with E-state index in [0.717, 1.165) is 5.56 Å². The summed E-state index contributed by atoms with van der Waals surface area (Å²) in [5, 5.41) is -0.609. The number of hydrogen-bond donors (Lipinski definition) is 0. The Morgan fingerprint density at radius 3 is 2.68 bits per heavy atom.